The summed E-state index contributed by atoms with van der Waals surface area (Å²) < 4.78 is 66.0. The number of carbonyl (C=O) groups excluding carboxylic acids is 1. The van der Waals surface area contributed by atoms with Crippen LogP contribution in [0.5, 0.6) is 0 Å². The quantitative estimate of drug-likeness (QED) is 0.523. The molecule has 0 aliphatic rings. The summed E-state index contributed by atoms with van der Waals surface area (Å²) in [7, 11) is -4.36. The molecule has 0 aliphatic heterocycles. The Morgan fingerprint density at radius 2 is 1.83 bits per heavy atom. The highest BCUT2D eigenvalue weighted by Gasteiger charge is 2.31. The summed E-state index contributed by atoms with van der Waals surface area (Å²) in [5.74, 6) is -0.0795. The number of amides is 1. The summed E-state index contributed by atoms with van der Waals surface area (Å²) in [6.45, 7) is 0.0839. The number of imidazole rings is 1. The molecule has 7 nitrogen and oxygen atoms in total. The van der Waals surface area contributed by atoms with Gasteiger partial charge in [-0.05, 0) is 30.3 Å². The second-order valence-corrected chi connectivity index (χ2v) is 7.58. The van der Waals surface area contributed by atoms with E-state index in [0.717, 1.165) is 18.2 Å². The second kappa shape index (κ2) is 9.18. The van der Waals surface area contributed by atoms with Crippen molar-refractivity contribution in [1.82, 2.24) is 15.3 Å². The molecule has 0 atom stereocenters. The molecule has 1 amide bonds. The van der Waals surface area contributed by atoms with Crippen LogP contribution in [0.3, 0.4) is 0 Å². The third-order valence-electron chi connectivity index (χ3n) is 3.86. The molecule has 3 aromatic rings. The van der Waals surface area contributed by atoms with Crippen molar-refractivity contribution in [3.63, 3.8) is 0 Å². The lowest BCUT2D eigenvalue weighted by molar-refractivity contribution is -0.137. The van der Waals surface area contributed by atoms with Crippen molar-refractivity contribution in [2.24, 2.45) is 0 Å². The topological polar surface area (TPSA) is 104 Å². The van der Waals surface area contributed by atoms with Gasteiger partial charge in [0.2, 0.25) is 0 Å². The van der Waals surface area contributed by atoms with Crippen LogP contribution < -0.4 is 10.0 Å². The maximum atomic E-state index is 12.9. The van der Waals surface area contributed by atoms with Gasteiger partial charge in [0, 0.05) is 12.4 Å². The van der Waals surface area contributed by atoms with Gasteiger partial charge in [0.05, 0.1) is 28.3 Å². The molecule has 2 aromatic carbocycles. The molecule has 1 heterocycles. The van der Waals surface area contributed by atoms with E-state index in [0.29, 0.717) is 11.9 Å². The highest BCUT2D eigenvalue weighted by Crippen LogP contribution is 2.31. The van der Waals surface area contributed by atoms with Crippen molar-refractivity contribution in [3.05, 3.63) is 77.9 Å². The smallest absolute Gasteiger partial charge is 0.347 e. The normalized spacial score (nSPS) is 11.4. The Hall–Kier alpha value is -3.05. The van der Waals surface area contributed by atoms with Crippen LogP contribution in [-0.2, 0) is 22.7 Å². The van der Waals surface area contributed by atoms with E-state index in [1.807, 2.05) is 0 Å². The van der Waals surface area contributed by atoms with Crippen molar-refractivity contribution >= 4 is 34.0 Å². The molecule has 0 radical (unpaired) electrons. The number of alkyl halides is 3. The van der Waals surface area contributed by atoms with Gasteiger partial charge in [-0.1, -0.05) is 18.2 Å². The van der Waals surface area contributed by atoms with Crippen molar-refractivity contribution in [2.75, 3.05) is 4.72 Å². The number of hydrogen-bond acceptors (Lipinski definition) is 4. The zero-order chi connectivity index (χ0) is 21.1. The maximum absolute atomic E-state index is 12.9. The minimum Gasteiger partial charge on any atom is -0.347 e. The molecular weight excluding hydrogens is 445 g/mol. The third kappa shape index (κ3) is 5.51. The van der Waals surface area contributed by atoms with Crippen LogP contribution in [0.15, 0.2) is 65.8 Å². The van der Waals surface area contributed by atoms with Gasteiger partial charge in [-0.2, -0.15) is 13.2 Å². The zero-order valence-electron chi connectivity index (χ0n) is 15.1. The van der Waals surface area contributed by atoms with Crippen LogP contribution in [0.2, 0.25) is 0 Å². The van der Waals surface area contributed by atoms with Crippen molar-refractivity contribution in [3.8, 4) is 0 Å². The van der Waals surface area contributed by atoms with Crippen molar-refractivity contribution in [1.29, 1.82) is 0 Å². The Labute approximate surface area is 176 Å². The molecule has 0 fully saturated rings. The molecule has 0 unspecified atom stereocenters. The average molecular weight is 461 g/mol. The summed E-state index contributed by atoms with van der Waals surface area (Å²) in [5, 5.41) is 2.58. The number of H-pyrrole nitrogens is 1. The largest absolute Gasteiger partial charge is 0.416 e. The van der Waals surface area contributed by atoms with E-state index in [1.165, 1.54) is 30.5 Å². The van der Waals surface area contributed by atoms with Gasteiger partial charge in [-0.3, -0.25) is 9.52 Å². The van der Waals surface area contributed by atoms with Crippen LogP contribution in [0.1, 0.15) is 21.7 Å². The molecule has 160 valence electrons. The average Bonchev–Trinajstić information content (AvgIpc) is 3.19. The molecule has 12 heteroatoms. The Morgan fingerprint density at radius 3 is 2.50 bits per heavy atom. The Balaban J connectivity index is 0.00000320. The SMILES string of the molecule is Cl.O=C(NCc1ncc[nH]1)c1ccccc1NS(=O)(=O)c1cccc(C(F)(F)F)c1. The van der Waals surface area contributed by atoms with Gasteiger partial charge in [0.1, 0.15) is 5.82 Å². The molecular formula is C18H16ClF3N4O3S. The highest BCUT2D eigenvalue weighted by molar-refractivity contribution is 7.92. The van der Waals surface area contributed by atoms with E-state index in [9.17, 15) is 26.4 Å². The number of halogens is 4. The number of hydrogen-bond donors (Lipinski definition) is 3. The van der Waals surface area contributed by atoms with Crippen LogP contribution in [-0.4, -0.2) is 24.3 Å². The summed E-state index contributed by atoms with van der Waals surface area (Å²) in [6, 6.07) is 9.10. The van der Waals surface area contributed by atoms with Gasteiger partial charge in [-0.25, -0.2) is 13.4 Å². The summed E-state index contributed by atoms with van der Waals surface area (Å²) in [6.07, 6.45) is -1.59. The number of nitrogens with zero attached hydrogens (tertiary/aromatic N) is 1. The molecule has 3 rings (SSSR count). The van der Waals surface area contributed by atoms with Gasteiger partial charge >= 0.3 is 6.18 Å². The number of rotatable bonds is 6. The fourth-order valence-electron chi connectivity index (χ4n) is 2.47. The lowest BCUT2D eigenvalue weighted by atomic mass is 10.1. The number of aromatic nitrogens is 2. The number of nitrogens with one attached hydrogen (secondary N) is 3. The lowest BCUT2D eigenvalue weighted by Gasteiger charge is -2.14. The van der Waals surface area contributed by atoms with Crippen LogP contribution in [0, 0.1) is 0 Å². The van der Waals surface area contributed by atoms with Gasteiger partial charge in [0.25, 0.3) is 15.9 Å². The zero-order valence-corrected chi connectivity index (χ0v) is 16.7. The first-order chi connectivity index (χ1) is 13.7. The number of sulfonamides is 1. The van der Waals surface area contributed by atoms with Crippen LogP contribution in [0.25, 0.3) is 0 Å². The number of benzene rings is 2. The number of anilines is 1. The van der Waals surface area contributed by atoms with Crippen LogP contribution >= 0.6 is 12.4 Å². The lowest BCUT2D eigenvalue weighted by Crippen LogP contribution is -2.25. The molecule has 1 aromatic heterocycles. The standard InChI is InChI=1S/C18H15F3N4O3S.ClH/c19-18(20,21)12-4-3-5-13(10-12)29(27,28)25-15-7-2-1-6-14(15)17(26)24-11-16-22-8-9-23-16;/h1-10,25H,11H2,(H,22,23)(H,24,26);1H. The van der Waals surface area contributed by atoms with E-state index in [4.69, 9.17) is 0 Å². The summed E-state index contributed by atoms with van der Waals surface area (Å²) in [4.78, 5) is 18.6. The minimum absolute atomic E-state index is 0. The Bertz CT molecular complexity index is 1120. The van der Waals surface area contributed by atoms with Gasteiger partial charge < -0.3 is 10.3 Å². The molecule has 3 N–H and O–H groups in total. The van der Waals surface area contributed by atoms with Crippen molar-refractivity contribution in [2.45, 2.75) is 17.6 Å². The first-order valence-corrected chi connectivity index (χ1v) is 9.71. The van der Waals surface area contributed by atoms with E-state index >= 15 is 0 Å². The first-order valence-electron chi connectivity index (χ1n) is 8.22. The van der Waals surface area contributed by atoms with Gasteiger partial charge in [-0.15, -0.1) is 12.4 Å². The predicted octanol–water partition coefficient (Wildman–Crippen LogP) is 3.58. The minimum atomic E-state index is -4.69. The van der Waals surface area contributed by atoms with Crippen LogP contribution in [0.4, 0.5) is 18.9 Å². The number of para-hydroxylation sites is 1. The van der Waals surface area contributed by atoms with Crippen molar-refractivity contribution < 1.29 is 26.4 Å². The molecule has 0 saturated carbocycles. The predicted molar refractivity (Wildman–Crippen MR) is 106 cm³/mol. The molecule has 30 heavy (non-hydrogen) atoms. The Kier molecular flexibility index (Phi) is 7.11. The summed E-state index contributed by atoms with van der Waals surface area (Å²) >= 11 is 0. The Morgan fingerprint density at radius 1 is 1.10 bits per heavy atom. The highest BCUT2D eigenvalue weighted by atomic mass is 35.5. The third-order valence-corrected chi connectivity index (χ3v) is 5.22. The number of aromatic amines is 1. The fraction of sp³-hybridized carbons (Fsp3) is 0.111. The van der Waals surface area contributed by atoms with E-state index in [-0.39, 0.29) is 30.2 Å². The van der Waals surface area contributed by atoms with E-state index in [1.54, 1.807) is 6.20 Å². The van der Waals surface area contributed by atoms with Gasteiger partial charge in [0.15, 0.2) is 0 Å². The summed E-state index contributed by atoms with van der Waals surface area (Å²) in [5.41, 5.74) is -1.15. The van der Waals surface area contributed by atoms with E-state index < -0.39 is 32.6 Å². The molecule has 0 aliphatic carbocycles. The maximum Gasteiger partial charge on any atom is 0.416 e. The fourth-order valence-corrected chi connectivity index (χ4v) is 3.59. The number of carbonyl (C=O) groups is 1. The molecule has 0 spiro atoms. The first kappa shape index (κ1) is 23.2. The molecule has 0 saturated heterocycles. The second-order valence-electron chi connectivity index (χ2n) is 5.90. The molecule has 0 bridgehead atoms. The monoisotopic (exact) mass is 460 g/mol. The van der Waals surface area contributed by atoms with E-state index in [2.05, 4.69) is 20.0 Å².